The van der Waals surface area contributed by atoms with Gasteiger partial charge >= 0.3 is 0 Å². The quantitative estimate of drug-likeness (QED) is 0.591. The molecule has 1 amide bonds. The van der Waals surface area contributed by atoms with E-state index in [1.165, 1.54) is 6.08 Å². The summed E-state index contributed by atoms with van der Waals surface area (Å²) in [6.45, 7) is 0. The van der Waals surface area contributed by atoms with E-state index in [9.17, 15) is 9.59 Å². The van der Waals surface area contributed by atoms with Gasteiger partial charge in [0.05, 0.1) is 33.7 Å². The van der Waals surface area contributed by atoms with Gasteiger partial charge in [0.1, 0.15) is 0 Å². The standard InChI is InChI=1S/C16H11ClN4O2/c1-21-15-10(8-19-21)4-2-5-11(15)16(23)20-13-7-3-6-12(14(13)17)18-9-22/h2-8H,1H3,(H,20,23). The number of isocyanates is 1. The van der Waals surface area contributed by atoms with Crippen LogP contribution in [0.25, 0.3) is 10.9 Å². The molecule has 0 bridgehead atoms. The number of anilines is 1. The molecule has 0 radical (unpaired) electrons. The van der Waals surface area contributed by atoms with Crippen molar-refractivity contribution in [3.05, 3.63) is 53.2 Å². The number of aryl methyl sites for hydroxylation is 1. The monoisotopic (exact) mass is 326 g/mol. The Labute approximate surface area is 136 Å². The molecule has 0 unspecified atom stereocenters. The fourth-order valence-corrected chi connectivity index (χ4v) is 2.57. The highest BCUT2D eigenvalue weighted by atomic mass is 35.5. The van der Waals surface area contributed by atoms with Crippen LogP contribution in [0.4, 0.5) is 11.4 Å². The lowest BCUT2D eigenvalue weighted by atomic mass is 10.1. The third-order valence-corrected chi connectivity index (χ3v) is 3.80. The van der Waals surface area contributed by atoms with Gasteiger partial charge in [-0.2, -0.15) is 10.1 Å². The summed E-state index contributed by atoms with van der Waals surface area (Å²) < 4.78 is 1.64. The molecule has 6 nitrogen and oxygen atoms in total. The number of fused-ring (bicyclic) bond motifs is 1. The summed E-state index contributed by atoms with van der Waals surface area (Å²) in [5.41, 5.74) is 1.82. The molecular weight excluding hydrogens is 316 g/mol. The first-order valence-electron chi connectivity index (χ1n) is 6.70. The van der Waals surface area contributed by atoms with Crippen LogP contribution in [0.5, 0.6) is 0 Å². The molecule has 1 heterocycles. The molecule has 1 N–H and O–H groups in total. The minimum Gasteiger partial charge on any atom is -0.320 e. The molecule has 0 aliphatic heterocycles. The van der Waals surface area contributed by atoms with Crippen molar-refractivity contribution in [3.8, 4) is 0 Å². The minimum absolute atomic E-state index is 0.182. The van der Waals surface area contributed by atoms with Crippen molar-refractivity contribution in [1.29, 1.82) is 0 Å². The van der Waals surface area contributed by atoms with Gasteiger partial charge in [-0.05, 0) is 18.2 Å². The molecule has 23 heavy (non-hydrogen) atoms. The maximum atomic E-state index is 12.6. The average molecular weight is 327 g/mol. The van der Waals surface area contributed by atoms with E-state index in [0.29, 0.717) is 11.3 Å². The number of benzene rings is 2. The number of rotatable bonds is 3. The molecule has 7 heteroatoms. The van der Waals surface area contributed by atoms with E-state index in [-0.39, 0.29) is 16.6 Å². The van der Waals surface area contributed by atoms with E-state index in [2.05, 4.69) is 15.4 Å². The number of para-hydroxylation sites is 1. The summed E-state index contributed by atoms with van der Waals surface area (Å²) in [4.78, 5) is 26.5. The fourth-order valence-electron chi connectivity index (χ4n) is 2.36. The minimum atomic E-state index is -0.326. The number of carbonyl (C=O) groups is 1. The summed E-state index contributed by atoms with van der Waals surface area (Å²) in [5, 5.41) is 7.94. The number of amides is 1. The van der Waals surface area contributed by atoms with Gasteiger partial charge in [0.25, 0.3) is 5.91 Å². The number of nitrogens with zero attached hydrogens (tertiary/aromatic N) is 3. The van der Waals surface area contributed by atoms with Gasteiger partial charge < -0.3 is 5.32 Å². The van der Waals surface area contributed by atoms with Crippen LogP contribution in [-0.4, -0.2) is 21.8 Å². The summed E-state index contributed by atoms with van der Waals surface area (Å²) >= 11 is 6.14. The Morgan fingerprint density at radius 1 is 1.30 bits per heavy atom. The summed E-state index contributed by atoms with van der Waals surface area (Å²) in [6.07, 6.45) is 3.12. The fraction of sp³-hybridized carbons (Fsp3) is 0.0625. The van der Waals surface area contributed by atoms with E-state index in [4.69, 9.17) is 11.6 Å². The second-order valence-electron chi connectivity index (χ2n) is 4.81. The van der Waals surface area contributed by atoms with Crippen molar-refractivity contribution in [1.82, 2.24) is 9.78 Å². The Morgan fingerprint density at radius 2 is 2.09 bits per heavy atom. The number of aromatic nitrogens is 2. The zero-order chi connectivity index (χ0) is 16.4. The molecule has 2 aromatic carbocycles. The van der Waals surface area contributed by atoms with Crippen molar-refractivity contribution in [2.75, 3.05) is 5.32 Å². The second-order valence-corrected chi connectivity index (χ2v) is 5.19. The zero-order valence-electron chi connectivity index (χ0n) is 12.1. The summed E-state index contributed by atoms with van der Waals surface area (Å²) in [6, 6.07) is 10.2. The highest BCUT2D eigenvalue weighted by Crippen LogP contribution is 2.32. The summed E-state index contributed by atoms with van der Waals surface area (Å²) in [5.74, 6) is -0.326. The number of hydrogen-bond donors (Lipinski definition) is 1. The van der Waals surface area contributed by atoms with E-state index in [1.54, 1.807) is 48.3 Å². The van der Waals surface area contributed by atoms with Gasteiger partial charge in [-0.1, -0.05) is 29.8 Å². The van der Waals surface area contributed by atoms with Gasteiger partial charge in [-0.3, -0.25) is 9.48 Å². The number of aliphatic imine (C=N–C) groups is 1. The second kappa shape index (κ2) is 6.04. The third kappa shape index (κ3) is 2.73. The van der Waals surface area contributed by atoms with Crippen LogP contribution in [0.15, 0.2) is 47.6 Å². The molecule has 0 aliphatic rings. The molecule has 114 valence electrons. The number of halogens is 1. The molecule has 0 spiro atoms. The Bertz CT molecular complexity index is 958. The first-order valence-corrected chi connectivity index (χ1v) is 7.08. The highest BCUT2D eigenvalue weighted by molar-refractivity contribution is 6.36. The maximum Gasteiger partial charge on any atom is 0.257 e. The van der Waals surface area contributed by atoms with Crippen LogP contribution < -0.4 is 5.32 Å². The lowest BCUT2D eigenvalue weighted by molar-refractivity contribution is 0.102. The van der Waals surface area contributed by atoms with Crippen LogP contribution in [0, 0.1) is 0 Å². The number of hydrogen-bond acceptors (Lipinski definition) is 4. The Morgan fingerprint density at radius 3 is 2.87 bits per heavy atom. The van der Waals surface area contributed by atoms with Crippen LogP contribution in [0.2, 0.25) is 5.02 Å². The van der Waals surface area contributed by atoms with Gasteiger partial charge in [0, 0.05) is 12.4 Å². The molecule has 3 rings (SSSR count). The van der Waals surface area contributed by atoms with Crippen LogP contribution in [-0.2, 0) is 11.8 Å². The zero-order valence-corrected chi connectivity index (χ0v) is 12.8. The van der Waals surface area contributed by atoms with E-state index in [0.717, 1.165) is 10.9 Å². The molecule has 0 fully saturated rings. The van der Waals surface area contributed by atoms with Crippen LogP contribution in [0.3, 0.4) is 0 Å². The maximum absolute atomic E-state index is 12.6. The first-order chi connectivity index (χ1) is 11.1. The smallest absolute Gasteiger partial charge is 0.257 e. The van der Waals surface area contributed by atoms with E-state index in [1.807, 2.05) is 6.07 Å². The van der Waals surface area contributed by atoms with Crippen molar-refractivity contribution in [2.45, 2.75) is 0 Å². The first kappa shape index (κ1) is 15.0. The van der Waals surface area contributed by atoms with Gasteiger partial charge in [-0.15, -0.1) is 0 Å². The average Bonchev–Trinajstić information content (AvgIpc) is 2.93. The summed E-state index contributed by atoms with van der Waals surface area (Å²) in [7, 11) is 1.77. The SMILES string of the molecule is Cn1ncc2cccc(C(=O)Nc3cccc(N=C=O)c3Cl)c21. The molecule has 0 aliphatic carbocycles. The Kier molecular flexibility index (Phi) is 3.93. The molecule has 1 aromatic heterocycles. The molecule has 0 saturated heterocycles. The van der Waals surface area contributed by atoms with E-state index < -0.39 is 0 Å². The van der Waals surface area contributed by atoms with E-state index >= 15 is 0 Å². The molecule has 0 saturated carbocycles. The van der Waals surface area contributed by atoms with Crippen molar-refractivity contribution in [3.63, 3.8) is 0 Å². The number of nitrogens with one attached hydrogen (secondary N) is 1. The largest absolute Gasteiger partial charge is 0.320 e. The van der Waals surface area contributed by atoms with Gasteiger partial charge in [0.15, 0.2) is 0 Å². The third-order valence-electron chi connectivity index (χ3n) is 3.40. The number of carbonyl (C=O) groups excluding carboxylic acids is 2. The lowest BCUT2D eigenvalue weighted by Crippen LogP contribution is -2.13. The lowest BCUT2D eigenvalue weighted by Gasteiger charge is -2.09. The molecule has 0 atom stereocenters. The predicted molar refractivity (Wildman–Crippen MR) is 87.9 cm³/mol. The van der Waals surface area contributed by atoms with Gasteiger partial charge in [0.2, 0.25) is 6.08 Å². The topological polar surface area (TPSA) is 76.3 Å². The Hall–Kier alpha value is -2.95. The van der Waals surface area contributed by atoms with Crippen molar-refractivity contribution in [2.24, 2.45) is 12.0 Å². The van der Waals surface area contributed by atoms with Crippen molar-refractivity contribution >= 4 is 45.9 Å². The normalized spacial score (nSPS) is 10.3. The Balaban J connectivity index is 2.00. The van der Waals surface area contributed by atoms with Gasteiger partial charge in [-0.25, -0.2) is 4.79 Å². The molecular formula is C16H11ClN4O2. The van der Waals surface area contributed by atoms with Crippen LogP contribution >= 0.6 is 11.6 Å². The predicted octanol–water partition coefficient (Wildman–Crippen LogP) is 3.45. The molecule has 3 aromatic rings. The highest BCUT2D eigenvalue weighted by Gasteiger charge is 2.15. The van der Waals surface area contributed by atoms with Crippen LogP contribution in [0.1, 0.15) is 10.4 Å². The van der Waals surface area contributed by atoms with Crippen molar-refractivity contribution < 1.29 is 9.59 Å².